The number of hydrogen-bond acceptors (Lipinski definition) is 2. The molecule has 122 valence electrons. The molecule has 23 heavy (non-hydrogen) atoms. The average molecular weight is 313 g/mol. The van der Waals surface area contributed by atoms with E-state index >= 15 is 0 Å². The summed E-state index contributed by atoms with van der Waals surface area (Å²) < 4.78 is 0. The third-order valence-electron chi connectivity index (χ3n) is 5.41. The van der Waals surface area contributed by atoms with E-state index in [4.69, 9.17) is 0 Å². The topological polar surface area (TPSA) is 66.4 Å². The Bertz CT molecular complexity index is 635. The molecule has 2 aliphatic rings. The third kappa shape index (κ3) is 2.90. The van der Waals surface area contributed by atoms with E-state index in [2.05, 4.69) is 19.2 Å². The number of allylic oxidation sites excluding steroid dienone is 2. The van der Waals surface area contributed by atoms with E-state index in [1.807, 2.05) is 36.4 Å². The number of rotatable bonds is 5. The normalized spacial score (nSPS) is 29.5. The highest BCUT2D eigenvalue weighted by molar-refractivity contribution is 5.96. The van der Waals surface area contributed by atoms with Crippen LogP contribution in [0.5, 0.6) is 0 Å². The maximum absolute atomic E-state index is 12.6. The highest BCUT2D eigenvalue weighted by Gasteiger charge is 2.51. The summed E-state index contributed by atoms with van der Waals surface area (Å²) in [5, 5.41) is 12.3. The van der Waals surface area contributed by atoms with Gasteiger partial charge < -0.3 is 10.4 Å². The number of nitrogens with one attached hydrogen (secondary N) is 1. The summed E-state index contributed by atoms with van der Waals surface area (Å²) >= 11 is 0. The fourth-order valence-corrected chi connectivity index (χ4v) is 3.87. The Morgan fingerprint density at radius 2 is 1.78 bits per heavy atom. The van der Waals surface area contributed by atoms with Gasteiger partial charge in [-0.25, -0.2) is 0 Å². The molecule has 0 radical (unpaired) electrons. The minimum atomic E-state index is -0.867. The van der Waals surface area contributed by atoms with Gasteiger partial charge in [0.2, 0.25) is 5.91 Å². The molecular formula is C19H23NO3. The van der Waals surface area contributed by atoms with Crippen LogP contribution in [0.2, 0.25) is 0 Å². The van der Waals surface area contributed by atoms with Crippen molar-refractivity contribution in [3.05, 3.63) is 42.0 Å². The molecule has 0 heterocycles. The van der Waals surface area contributed by atoms with Crippen LogP contribution in [-0.4, -0.2) is 17.0 Å². The number of carboxylic acids is 1. The first-order chi connectivity index (χ1) is 11.0. The predicted molar refractivity (Wildman–Crippen MR) is 89.1 cm³/mol. The quantitative estimate of drug-likeness (QED) is 0.815. The maximum atomic E-state index is 12.6. The van der Waals surface area contributed by atoms with Crippen LogP contribution in [0.25, 0.3) is 0 Å². The molecular weight excluding hydrogens is 290 g/mol. The number of amides is 1. The predicted octanol–water partition coefficient (Wildman–Crippen LogP) is 3.66. The van der Waals surface area contributed by atoms with E-state index in [-0.39, 0.29) is 17.7 Å². The Kier molecular flexibility index (Phi) is 4.24. The van der Waals surface area contributed by atoms with Crippen molar-refractivity contribution in [2.45, 2.75) is 32.6 Å². The standard InChI is InChI=1S/C19H23NO3/c1-3-11(2)12-6-8-15(9-7-12)20-18(21)16-13-4-5-14(10-13)17(16)19(22)23/h4-9,11,13-14,16-17H,3,10H2,1-2H3,(H,20,21)(H,22,23)/t11-,13+,14-,16-,17-/m0/s1. The molecule has 4 nitrogen and oxygen atoms in total. The van der Waals surface area contributed by atoms with Crippen LogP contribution < -0.4 is 5.32 Å². The molecule has 0 unspecified atom stereocenters. The molecule has 2 N–H and O–H groups in total. The zero-order chi connectivity index (χ0) is 16.6. The number of aliphatic carboxylic acids is 1. The van der Waals surface area contributed by atoms with Gasteiger partial charge in [0.25, 0.3) is 0 Å². The van der Waals surface area contributed by atoms with E-state index in [1.54, 1.807) is 0 Å². The van der Waals surface area contributed by atoms with Gasteiger partial charge in [0.15, 0.2) is 0 Å². The zero-order valence-electron chi connectivity index (χ0n) is 13.5. The summed E-state index contributed by atoms with van der Waals surface area (Å²) in [5.41, 5.74) is 1.98. The Hall–Kier alpha value is -2.10. The Labute approximate surface area is 136 Å². The summed E-state index contributed by atoms with van der Waals surface area (Å²) in [6.45, 7) is 4.32. The van der Waals surface area contributed by atoms with Crippen LogP contribution in [0.4, 0.5) is 5.69 Å². The smallest absolute Gasteiger partial charge is 0.307 e. The van der Waals surface area contributed by atoms with E-state index in [0.29, 0.717) is 5.92 Å². The highest BCUT2D eigenvalue weighted by Crippen LogP contribution is 2.48. The molecule has 0 saturated heterocycles. The van der Waals surface area contributed by atoms with E-state index in [0.717, 1.165) is 18.5 Å². The molecule has 1 aromatic rings. The van der Waals surface area contributed by atoms with Gasteiger partial charge in [-0.15, -0.1) is 0 Å². The first-order valence-electron chi connectivity index (χ1n) is 8.33. The fraction of sp³-hybridized carbons (Fsp3) is 0.474. The Balaban J connectivity index is 1.72. The lowest BCUT2D eigenvalue weighted by Gasteiger charge is -2.24. The molecule has 1 aromatic carbocycles. The Morgan fingerprint density at radius 3 is 2.35 bits per heavy atom. The number of fused-ring (bicyclic) bond motifs is 2. The van der Waals surface area contributed by atoms with Gasteiger partial charge in [0.1, 0.15) is 0 Å². The van der Waals surface area contributed by atoms with Crippen LogP contribution in [0, 0.1) is 23.7 Å². The van der Waals surface area contributed by atoms with Crippen molar-refractivity contribution < 1.29 is 14.7 Å². The largest absolute Gasteiger partial charge is 0.481 e. The highest BCUT2D eigenvalue weighted by atomic mass is 16.4. The van der Waals surface area contributed by atoms with Crippen LogP contribution >= 0.6 is 0 Å². The summed E-state index contributed by atoms with van der Waals surface area (Å²) in [6.07, 6.45) is 5.81. The lowest BCUT2D eigenvalue weighted by Crippen LogP contribution is -2.36. The van der Waals surface area contributed by atoms with Gasteiger partial charge in [-0.05, 0) is 48.3 Å². The van der Waals surface area contributed by atoms with Crippen LogP contribution in [0.3, 0.4) is 0 Å². The number of benzene rings is 1. The lowest BCUT2D eigenvalue weighted by molar-refractivity contribution is -0.146. The van der Waals surface area contributed by atoms with Crippen molar-refractivity contribution in [3.63, 3.8) is 0 Å². The van der Waals surface area contributed by atoms with Crippen molar-refractivity contribution in [3.8, 4) is 0 Å². The second kappa shape index (κ2) is 6.19. The number of carbonyl (C=O) groups is 2. The molecule has 5 atom stereocenters. The van der Waals surface area contributed by atoms with Gasteiger partial charge in [0.05, 0.1) is 11.8 Å². The molecule has 1 amide bonds. The van der Waals surface area contributed by atoms with Crippen molar-refractivity contribution >= 4 is 17.6 Å². The van der Waals surface area contributed by atoms with Crippen molar-refractivity contribution in [2.75, 3.05) is 5.32 Å². The molecule has 2 aliphatic carbocycles. The van der Waals surface area contributed by atoms with Gasteiger partial charge in [0, 0.05) is 5.69 Å². The van der Waals surface area contributed by atoms with E-state index < -0.39 is 17.8 Å². The minimum Gasteiger partial charge on any atom is -0.481 e. The average Bonchev–Trinajstić information content (AvgIpc) is 3.15. The van der Waals surface area contributed by atoms with E-state index in [9.17, 15) is 14.7 Å². The summed E-state index contributed by atoms with van der Waals surface area (Å²) in [4.78, 5) is 24.1. The van der Waals surface area contributed by atoms with Gasteiger partial charge in [-0.1, -0.05) is 38.1 Å². The van der Waals surface area contributed by atoms with E-state index in [1.165, 1.54) is 5.56 Å². The monoisotopic (exact) mass is 313 g/mol. The second-order valence-corrected chi connectivity index (χ2v) is 6.76. The Morgan fingerprint density at radius 1 is 1.17 bits per heavy atom. The zero-order valence-corrected chi connectivity index (χ0v) is 13.5. The molecule has 2 bridgehead atoms. The van der Waals surface area contributed by atoms with Gasteiger partial charge in [-0.3, -0.25) is 9.59 Å². The van der Waals surface area contributed by atoms with Gasteiger partial charge in [-0.2, -0.15) is 0 Å². The summed E-state index contributed by atoms with van der Waals surface area (Å²) in [7, 11) is 0. The summed E-state index contributed by atoms with van der Waals surface area (Å²) in [6, 6.07) is 7.86. The SMILES string of the molecule is CC[C@H](C)c1ccc(NC(=O)[C@@H]2[C@@H](C(=O)O)[C@H]3C=C[C@@H]2C3)cc1. The van der Waals surface area contributed by atoms with Crippen LogP contribution in [-0.2, 0) is 9.59 Å². The van der Waals surface area contributed by atoms with Crippen LogP contribution in [0.15, 0.2) is 36.4 Å². The fourth-order valence-electron chi connectivity index (χ4n) is 3.87. The molecule has 0 spiro atoms. The number of anilines is 1. The molecule has 0 aromatic heterocycles. The minimum absolute atomic E-state index is 0.000954. The molecule has 1 fully saturated rings. The molecule has 0 aliphatic heterocycles. The molecule has 3 rings (SSSR count). The van der Waals surface area contributed by atoms with Crippen molar-refractivity contribution in [2.24, 2.45) is 23.7 Å². The van der Waals surface area contributed by atoms with Gasteiger partial charge >= 0.3 is 5.97 Å². The first-order valence-corrected chi connectivity index (χ1v) is 8.33. The number of carbonyl (C=O) groups excluding carboxylic acids is 1. The first kappa shape index (κ1) is 15.8. The number of hydrogen-bond donors (Lipinski definition) is 2. The second-order valence-electron chi connectivity index (χ2n) is 6.76. The lowest BCUT2D eigenvalue weighted by atomic mass is 9.82. The van der Waals surface area contributed by atoms with Crippen molar-refractivity contribution in [1.82, 2.24) is 0 Å². The van der Waals surface area contributed by atoms with Crippen LogP contribution in [0.1, 0.15) is 38.2 Å². The maximum Gasteiger partial charge on any atom is 0.307 e. The molecule has 4 heteroatoms. The molecule has 1 saturated carbocycles. The third-order valence-corrected chi connectivity index (χ3v) is 5.41. The number of carboxylic acid groups (broad SMARTS) is 1. The summed E-state index contributed by atoms with van der Waals surface area (Å²) in [5.74, 6) is -1.55. The van der Waals surface area contributed by atoms with Crippen molar-refractivity contribution in [1.29, 1.82) is 0 Å².